The third-order valence-electron chi connectivity index (χ3n) is 3.09. The first-order valence-corrected chi connectivity index (χ1v) is 7.22. The van der Waals surface area contributed by atoms with Crippen LogP contribution in [-0.2, 0) is 5.88 Å². The number of hydrogen-bond acceptors (Lipinski definition) is 1. The Hall–Kier alpha value is -1.51. The van der Waals surface area contributed by atoms with E-state index in [1.54, 1.807) is 12.1 Å². The maximum atomic E-state index is 12.1. The summed E-state index contributed by atoms with van der Waals surface area (Å²) in [5.41, 5.74) is 2.63. The number of halogens is 2. The van der Waals surface area contributed by atoms with E-state index in [-0.39, 0.29) is 11.9 Å². The van der Waals surface area contributed by atoms with Crippen LogP contribution in [-0.4, -0.2) is 5.91 Å². The summed E-state index contributed by atoms with van der Waals surface area (Å²) in [6, 6.07) is 14.6. The van der Waals surface area contributed by atoms with E-state index in [1.807, 2.05) is 43.3 Å². The summed E-state index contributed by atoms with van der Waals surface area (Å²) in [4.78, 5) is 12.1. The highest BCUT2D eigenvalue weighted by molar-refractivity contribution is 6.30. The van der Waals surface area contributed by atoms with E-state index in [4.69, 9.17) is 23.2 Å². The van der Waals surface area contributed by atoms with Gasteiger partial charge < -0.3 is 5.32 Å². The SMILES string of the molecule is C[C@H](NC(=O)c1ccc(CCl)cc1)c1ccc(Cl)cc1. The van der Waals surface area contributed by atoms with Crippen molar-refractivity contribution in [2.24, 2.45) is 0 Å². The van der Waals surface area contributed by atoms with Gasteiger partial charge in [-0.15, -0.1) is 11.6 Å². The third-order valence-corrected chi connectivity index (χ3v) is 3.65. The largest absolute Gasteiger partial charge is 0.346 e. The zero-order valence-corrected chi connectivity index (χ0v) is 12.6. The van der Waals surface area contributed by atoms with Crippen LogP contribution in [0.15, 0.2) is 48.5 Å². The van der Waals surface area contributed by atoms with Crippen LogP contribution in [0.3, 0.4) is 0 Å². The van der Waals surface area contributed by atoms with Crippen LogP contribution in [0.5, 0.6) is 0 Å². The molecule has 0 aliphatic carbocycles. The number of hydrogen-bond donors (Lipinski definition) is 1. The number of alkyl halides is 1. The molecule has 0 bridgehead atoms. The summed E-state index contributed by atoms with van der Waals surface area (Å²) in [5.74, 6) is 0.344. The molecule has 1 amide bonds. The fourth-order valence-corrected chi connectivity index (χ4v) is 2.16. The minimum Gasteiger partial charge on any atom is -0.346 e. The lowest BCUT2D eigenvalue weighted by molar-refractivity contribution is 0.0940. The number of amides is 1. The van der Waals surface area contributed by atoms with Crippen LogP contribution in [0.25, 0.3) is 0 Å². The highest BCUT2D eigenvalue weighted by atomic mass is 35.5. The number of rotatable bonds is 4. The molecule has 1 atom stereocenters. The maximum Gasteiger partial charge on any atom is 0.251 e. The van der Waals surface area contributed by atoms with Gasteiger partial charge in [0.25, 0.3) is 5.91 Å². The molecule has 0 saturated heterocycles. The number of benzene rings is 2. The Bertz CT molecular complexity index is 578. The van der Waals surface area contributed by atoms with Crippen LogP contribution in [0, 0.1) is 0 Å². The van der Waals surface area contributed by atoms with E-state index >= 15 is 0 Å². The van der Waals surface area contributed by atoms with E-state index in [0.717, 1.165) is 11.1 Å². The summed E-state index contributed by atoms with van der Waals surface area (Å²) in [5, 5.41) is 3.64. The molecule has 1 N–H and O–H groups in total. The Morgan fingerprint density at radius 1 is 1.10 bits per heavy atom. The van der Waals surface area contributed by atoms with Crippen LogP contribution in [0.2, 0.25) is 5.02 Å². The summed E-state index contributed by atoms with van der Waals surface area (Å²) >= 11 is 11.6. The van der Waals surface area contributed by atoms with Crippen LogP contribution >= 0.6 is 23.2 Å². The molecule has 2 nitrogen and oxygen atoms in total. The van der Waals surface area contributed by atoms with Gasteiger partial charge in [-0.25, -0.2) is 0 Å². The highest BCUT2D eigenvalue weighted by Gasteiger charge is 2.11. The molecular weight excluding hydrogens is 293 g/mol. The van der Waals surface area contributed by atoms with Crippen molar-refractivity contribution < 1.29 is 4.79 Å². The first kappa shape index (κ1) is 14.9. The van der Waals surface area contributed by atoms with Crippen molar-refractivity contribution >= 4 is 29.1 Å². The van der Waals surface area contributed by atoms with E-state index < -0.39 is 0 Å². The smallest absolute Gasteiger partial charge is 0.251 e. The van der Waals surface area contributed by atoms with Crippen molar-refractivity contribution in [3.63, 3.8) is 0 Å². The molecule has 0 fully saturated rings. The minimum absolute atomic E-state index is 0.0764. The van der Waals surface area contributed by atoms with E-state index in [0.29, 0.717) is 16.5 Å². The lowest BCUT2D eigenvalue weighted by Crippen LogP contribution is -2.26. The molecule has 0 spiro atoms. The fraction of sp³-hybridized carbons (Fsp3) is 0.188. The molecule has 20 heavy (non-hydrogen) atoms. The van der Waals surface area contributed by atoms with E-state index in [2.05, 4.69) is 5.32 Å². The van der Waals surface area contributed by atoms with Crippen LogP contribution in [0.4, 0.5) is 0 Å². The molecule has 0 unspecified atom stereocenters. The quantitative estimate of drug-likeness (QED) is 0.824. The maximum absolute atomic E-state index is 12.1. The molecule has 0 heterocycles. The second-order valence-electron chi connectivity index (χ2n) is 4.58. The topological polar surface area (TPSA) is 29.1 Å². The molecule has 0 saturated carbocycles. The Morgan fingerprint density at radius 2 is 1.70 bits per heavy atom. The first-order chi connectivity index (χ1) is 9.60. The van der Waals surface area contributed by atoms with Crippen molar-refractivity contribution in [1.29, 1.82) is 0 Å². The van der Waals surface area contributed by atoms with Gasteiger partial charge in [0.05, 0.1) is 6.04 Å². The summed E-state index contributed by atoms with van der Waals surface area (Å²) in [7, 11) is 0. The Labute approximate surface area is 128 Å². The Morgan fingerprint density at radius 3 is 2.25 bits per heavy atom. The van der Waals surface area contributed by atoms with E-state index in [9.17, 15) is 4.79 Å². The van der Waals surface area contributed by atoms with Crippen molar-refractivity contribution in [2.45, 2.75) is 18.8 Å². The number of carbonyl (C=O) groups excluding carboxylic acids is 1. The molecule has 4 heteroatoms. The Balaban J connectivity index is 2.04. The van der Waals surface area contributed by atoms with E-state index in [1.165, 1.54) is 0 Å². The Kier molecular flexibility index (Phi) is 5.05. The summed E-state index contributed by atoms with van der Waals surface area (Å²) < 4.78 is 0. The van der Waals surface area contributed by atoms with Gasteiger partial charge in [-0.3, -0.25) is 4.79 Å². The summed E-state index contributed by atoms with van der Waals surface area (Å²) in [6.45, 7) is 1.94. The van der Waals surface area contributed by atoms with Crippen molar-refractivity contribution in [3.05, 3.63) is 70.2 Å². The molecule has 2 aromatic rings. The first-order valence-electron chi connectivity index (χ1n) is 6.31. The molecule has 0 aliphatic rings. The number of nitrogens with one attached hydrogen (secondary N) is 1. The lowest BCUT2D eigenvalue weighted by atomic mass is 10.1. The second kappa shape index (κ2) is 6.78. The molecule has 2 aromatic carbocycles. The molecule has 0 aliphatic heterocycles. The molecule has 104 valence electrons. The normalized spacial score (nSPS) is 11.9. The van der Waals surface area contributed by atoms with Gasteiger partial charge in [-0.2, -0.15) is 0 Å². The fourth-order valence-electron chi connectivity index (χ4n) is 1.86. The average Bonchev–Trinajstić information content (AvgIpc) is 2.48. The second-order valence-corrected chi connectivity index (χ2v) is 5.28. The van der Waals surface area contributed by atoms with Gasteiger partial charge in [0.1, 0.15) is 0 Å². The molecule has 0 radical (unpaired) electrons. The standard InChI is InChI=1S/C16H15Cl2NO/c1-11(13-6-8-15(18)9-7-13)19-16(20)14-4-2-12(10-17)3-5-14/h2-9,11H,10H2,1H3,(H,19,20)/t11-/m0/s1. The minimum atomic E-state index is -0.103. The third kappa shape index (κ3) is 3.75. The van der Waals surface area contributed by atoms with Gasteiger partial charge in [0.2, 0.25) is 0 Å². The lowest BCUT2D eigenvalue weighted by Gasteiger charge is -2.14. The molecular formula is C16H15Cl2NO. The van der Waals surface area contributed by atoms with Crippen molar-refractivity contribution in [2.75, 3.05) is 0 Å². The van der Waals surface area contributed by atoms with Crippen LogP contribution < -0.4 is 5.32 Å². The average molecular weight is 308 g/mol. The molecule has 0 aromatic heterocycles. The monoisotopic (exact) mass is 307 g/mol. The van der Waals surface area contributed by atoms with Crippen molar-refractivity contribution in [3.8, 4) is 0 Å². The number of carbonyl (C=O) groups is 1. The van der Waals surface area contributed by atoms with Gasteiger partial charge in [-0.1, -0.05) is 35.9 Å². The zero-order chi connectivity index (χ0) is 14.5. The highest BCUT2D eigenvalue weighted by Crippen LogP contribution is 2.16. The molecule has 2 rings (SSSR count). The van der Waals surface area contributed by atoms with Gasteiger partial charge in [0, 0.05) is 16.5 Å². The predicted octanol–water partition coefficient (Wildman–Crippen LogP) is 4.57. The van der Waals surface area contributed by atoms with Gasteiger partial charge in [0.15, 0.2) is 0 Å². The van der Waals surface area contributed by atoms with Crippen molar-refractivity contribution in [1.82, 2.24) is 5.32 Å². The van der Waals surface area contributed by atoms with Crippen LogP contribution in [0.1, 0.15) is 34.5 Å². The zero-order valence-electron chi connectivity index (χ0n) is 11.1. The summed E-state index contributed by atoms with van der Waals surface area (Å²) in [6.07, 6.45) is 0. The van der Waals surface area contributed by atoms with Gasteiger partial charge in [-0.05, 0) is 42.3 Å². The van der Waals surface area contributed by atoms with Gasteiger partial charge >= 0.3 is 0 Å². The predicted molar refractivity (Wildman–Crippen MR) is 83.3 cm³/mol.